The maximum Gasteiger partial charge on any atom is 0.272 e. The number of sulfonamides is 1. The summed E-state index contributed by atoms with van der Waals surface area (Å²) in [6.07, 6.45) is 4.45. The molecule has 2 aromatic rings. The van der Waals surface area contributed by atoms with E-state index in [-0.39, 0.29) is 15.4 Å². The third kappa shape index (κ3) is 5.22. The first-order chi connectivity index (χ1) is 13.5. The minimum atomic E-state index is -3.69. The molecule has 28 heavy (non-hydrogen) atoms. The van der Waals surface area contributed by atoms with E-state index in [0.717, 1.165) is 23.4 Å². The molecule has 1 N–H and O–H groups in total. The molecule has 150 valence electrons. The number of carbonyl (C=O) groups is 1. The SMILES string of the molecule is CCC(=O)Nc1nnc(S(=O)(=O)N2CCN(C/C=C/c3ccccc3)CC2)s1. The first-order valence-corrected chi connectivity index (χ1v) is 11.3. The van der Waals surface area contributed by atoms with Crippen molar-refractivity contribution in [1.82, 2.24) is 19.4 Å². The second-order valence-electron chi connectivity index (χ2n) is 6.29. The predicted octanol–water partition coefficient (Wildman–Crippen LogP) is 1.91. The van der Waals surface area contributed by atoms with Crippen molar-refractivity contribution in [2.24, 2.45) is 0 Å². The zero-order chi connectivity index (χ0) is 20.0. The fourth-order valence-electron chi connectivity index (χ4n) is 2.74. The third-order valence-electron chi connectivity index (χ3n) is 4.34. The van der Waals surface area contributed by atoms with Gasteiger partial charge in [-0.2, -0.15) is 4.31 Å². The second kappa shape index (κ2) is 9.37. The Hall–Kier alpha value is -2.14. The van der Waals surface area contributed by atoms with Gasteiger partial charge >= 0.3 is 0 Å². The Balaban J connectivity index is 1.53. The molecule has 3 rings (SSSR count). The van der Waals surface area contributed by atoms with Crippen LogP contribution >= 0.6 is 11.3 Å². The van der Waals surface area contributed by atoms with E-state index < -0.39 is 10.0 Å². The van der Waals surface area contributed by atoms with Crippen LogP contribution in [0.2, 0.25) is 0 Å². The van der Waals surface area contributed by atoms with Crippen LogP contribution in [0.3, 0.4) is 0 Å². The molecule has 0 bridgehead atoms. The lowest BCUT2D eigenvalue weighted by Gasteiger charge is -2.32. The van der Waals surface area contributed by atoms with E-state index in [1.54, 1.807) is 6.92 Å². The minimum Gasteiger partial charge on any atom is -0.301 e. The van der Waals surface area contributed by atoms with Crippen LogP contribution in [-0.2, 0) is 14.8 Å². The molecule has 8 nitrogen and oxygen atoms in total. The summed E-state index contributed by atoms with van der Waals surface area (Å²) in [5, 5.41) is 10.3. The van der Waals surface area contributed by atoms with Gasteiger partial charge in [0.2, 0.25) is 15.4 Å². The summed E-state index contributed by atoms with van der Waals surface area (Å²) in [5.74, 6) is -0.225. The van der Waals surface area contributed by atoms with Gasteiger partial charge in [-0.15, -0.1) is 10.2 Å². The first kappa shape index (κ1) is 20.6. The molecule has 0 unspecified atom stereocenters. The molecular weight excluding hydrogens is 398 g/mol. The Labute approximate surface area is 168 Å². The summed E-state index contributed by atoms with van der Waals surface area (Å²) in [5.41, 5.74) is 1.14. The van der Waals surface area contributed by atoms with E-state index in [9.17, 15) is 13.2 Å². The summed E-state index contributed by atoms with van der Waals surface area (Å²) >= 11 is 0.881. The molecule has 1 aromatic carbocycles. The number of carbonyl (C=O) groups excluding carboxylic acids is 1. The fraction of sp³-hybridized carbons (Fsp3) is 0.389. The average molecular weight is 422 g/mol. The Morgan fingerprint density at radius 3 is 2.57 bits per heavy atom. The molecule has 1 saturated heterocycles. The number of anilines is 1. The molecule has 0 atom stereocenters. The number of rotatable bonds is 7. The van der Waals surface area contributed by atoms with Crippen LogP contribution < -0.4 is 5.32 Å². The lowest BCUT2D eigenvalue weighted by atomic mass is 10.2. The van der Waals surface area contributed by atoms with E-state index in [2.05, 4.69) is 32.6 Å². The highest BCUT2D eigenvalue weighted by Crippen LogP contribution is 2.24. The zero-order valence-electron chi connectivity index (χ0n) is 15.6. The highest BCUT2D eigenvalue weighted by molar-refractivity contribution is 7.91. The number of piperazine rings is 1. The molecule has 1 fully saturated rings. The van der Waals surface area contributed by atoms with Gasteiger partial charge in [0, 0.05) is 39.1 Å². The van der Waals surface area contributed by atoms with Gasteiger partial charge in [-0.25, -0.2) is 8.42 Å². The molecule has 1 amide bonds. The van der Waals surface area contributed by atoms with E-state index in [0.29, 0.717) is 32.6 Å². The molecule has 0 aliphatic carbocycles. The van der Waals surface area contributed by atoms with Gasteiger partial charge in [-0.3, -0.25) is 9.69 Å². The normalized spacial score (nSPS) is 16.5. The number of aromatic nitrogens is 2. The van der Waals surface area contributed by atoms with Crippen molar-refractivity contribution in [3.05, 3.63) is 42.0 Å². The lowest BCUT2D eigenvalue weighted by molar-refractivity contribution is -0.115. The Kier molecular flexibility index (Phi) is 6.89. The topological polar surface area (TPSA) is 95.5 Å². The Morgan fingerprint density at radius 1 is 1.18 bits per heavy atom. The molecule has 0 saturated carbocycles. The average Bonchev–Trinajstić information content (AvgIpc) is 3.18. The van der Waals surface area contributed by atoms with Crippen molar-refractivity contribution < 1.29 is 13.2 Å². The summed E-state index contributed by atoms with van der Waals surface area (Å²) in [6, 6.07) is 10.1. The number of hydrogen-bond donors (Lipinski definition) is 1. The quantitative estimate of drug-likeness (QED) is 0.686. The largest absolute Gasteiger partial charge is 0.301 e. The summed E-state index contributed by atoms with van der Waals surface area (Å²) in [4.78, 5) is 13.6. The van der Waals surface area contributed by atoms with E-state index in [1.807, 2.05) is 30.3 Å². The van der Waals surface area contributed by atoms with E-state index >= 15 is 0 Å². The number of benzene rings is 1. The van der Waals surface area contributed by atoms with Gasteiger partial charge < -0.3 is 5.32 Å². The number of nitrogens with zero attached hydrogens (tertiary/aromatic N) is 4. The highest BCUT2D eigenvalue weighted by atomic mass is 32.2. The summed E-state index contributed by atoms with van der Waals surface area (Å²) in [7, 11) is -3.69. The highest BCUT2D eigenvalue weighted by Gasteiger charge is 2.31. The van der Waals surface area contributed by atoms with Gasteiger partial charge in [0.15, 0.2) is 0 Å². The standard InChI is InChI=1S/C18H23N5O3S2/c1-2-16(24)19-17-20-21-18(27-17)28(25,26)23-13-11-22(12-14-23)10-6-9-15-7-4-3-5-8-15/h3-9H,2,10-14H2,1H3,(H,19,20,24)/b9-6+. The summed E-state index contributed by atoms with van der Waals surface area (Å²) in [6.45, 7) is 4.58. The Morgan fingerprint density at radius 2 is 1.89 bits per heavy atom. The third-order valence-corrected chi connectivity index (χ3v) is 7.42. The molecule has 1 aromatic heterocycles. The van der Waals surface area contributed by atoms with Crippen LogP contribution in [0.15, 0.2) is 40.7 Å². The second-order valence-corrected chi connectivity index (χ2v) is 9.38. The van der Waals surface area contributed by atoms with Crippen molar-refractivity contribution in [3.63, 3.8) is 0 Å². The maximum atomic E-state index is 12.8. The number of amides is 1. The van der Waals surface area contributed by atoms with Crippen molar-refractivity contribution in [2.45, 2.75) is 17.7 Å². The van der Waals surface area contributed by atoms with Gasteiger partial charge in [-0.05, 0) is 5.56 Å². The first-order valence-electron chi connectivity index (χ1n) is 9.06. The van der Waals surface area contributed by atoms with Crippen LogP contribution in [0.1, 0.15) is 18.9 Å². The van der Waals surface area contributed by atoms with Crippen LogP contribution in [0.4, 0.5) is 5.13 Å². The van der Waals surface area contributed by atoms with Crippen molar-refractivity contribution in [2.75, 3.05) is 38.0 Å². The monoisotopic (exact) mass is 421 g/mol. The smallest absolute Gasteiger partial charge is 0.272 e. The number of hydrogen-bond acceptors (Lipinski definition) is 7. The maximum absolute atomic E-state index is 12.8. The number of nitrogens with one attached hydrogen (secondary N) is 1. The Bertz CT molecular complexity index is 920. The van der Waals surface area contributed by atoms with Crippen molar-refractivity contribution in [1.29, 1.82) is 0 Å². The molecule has 1 aliphatic rings. The van der Waals surface area contributed by atoms with Crippen LogP contribution in [-0.4, -0.2) is 66.5 Å². The minimum absolute atomic E-state index is 0.0867. The molecular formula is C18H23N5O3S2. The van der Waals surface area contributed by atoms with Crippen LogP contribution in [0.25, 0.3) is 6.08 Å². The molecule has 1 aliphatic heterocycles. The summed E-state index contributed by atoms with van der Waals surface area (Å²) < 4.78 is 26.8. The van der Waals surface area contributed by atoms with Gasteiger partial charge in [0.05, 0.1) is 0 Å². The fourth-order valence-corrected chi connectivity index (χ4v) is 5.21. The van der Waals surface area contributed by atoms with E-state index in [4.69, 9.17) is 0 Å². The molecule has 0 spiro atoms. The van der Waals surface area contributed by atoms with Crippen molar-refractivity contribution in [3.8, 4) is 0 Å². The van der Waals surface area contributed by atoms with E-state index in [1.165, 1.54) is 4.31 Å². The van der Waals surface area contributed by atoms with Gasteiger partial charge in [0.1, 0.15) is 0 Å². The van der Waals surface area contributed by atoms with Gasteiger partial charge in [0.25, 0.3) is 10.0 Å². The van der Waals surface area contributed by atoms with Gasteiger partial charge in [-0.1, -0.05) is 60.7 Å². The predicted molar refractivity (Wildman–Crippen MR) is 110 cm³/mol. The molecule has 2 heterocycles. The van der Waals surface area contributed by atoms with Crippen LogP contribution in [0, 0.1) is 0 Å². The van der Waals surface area contributed by atoms with Crippen molar-refractivity contribution >= 4 is 38.5 Å². The molecule has 10 heteroatoms. The lowest BCUT2D eigenvalue weighted by Crippen LogP contribution is -2.48. The van der Waals surface area contributed by atoms with Crippen LogP contribution in [0.5, 0.6) is 0 Å². The zero-order valence-corrected chi connectivity index (χ0v) is 17.2. The molecule has 0 radical (unpaired) electrons.